The Labute approximate surface area is 223 Å². The minimum absolute atomic E-state index is 0.0219. The summed E-state index contributed by atoms with van der Waals surface area (Å²) in [7, 11) is 0. The van der Waals surface area contributed by atoms with Crippen molar-refractivity contribution in [2.45, 2.75) is 108 Å². The number of hydrogen-bond donors (Lipinski definition) is 0. The van der Waals surface area contributed by atoms with Gasteiger partial charge in [0.25, 0.3) is 11.6 Å². The number of likely N-dealkylation sites (tertiary alicyclic amines) is 1. The van der Waals surface area contributed by atoms with Crippen molar-refractivity contribution in [3.05, 3.63) is 33.4 Å². The maximum Gasteiger partial charge on any atom is 0.410 e. The zero-order valence-electron chi connectivity index (χ0n) is 23.0. The summed E-state index contributed by atoms with van der Waals surface area (Å²) >= 11 is 1.25. The molecule has 1 aromatic rings. The molecule has 0 aromatic heterocycles. The van der Waals surface area contributed by atoms with Crippen LogP contribution in [0.5, 0.6) is 0 Å². The first-order valence-corrected chi connectivity index (χ1v) is 13.8. The van der Waals surface area contributed by atoms with E-state index in [1.807, 2.05) is 34.6 Å². The highest BCUT2D eigenvalue weighted by Crippen LogP contribution is 2.50. The highest BCUT2D eigenvalue weighted by molar-refractivity contribution is 8.01. The van der Waals surface area contributed by atoms with Gasteiger partial charge in [-0.15, -0.1) is 11.8 Å². The Bertz CT molecular complexity index is 1080. The molecule has 3 rings (SSSR count). The molecule has 0 radical (unpaired) electrons. The van der Waals surface area contributed by atoms with Crippen LogP contribution in [0.2, 0.25) is 0 Å². The molecule has 2 aliphatic rings. The quantitative estimate of drug-likeness (QED) is 0.324. The first kappa shape index (κ1) is 28.9. The number of ketones is 1. The van der Waals surface area contributed by atoms with Crippen LogP contribution >= 0.6 is 11.8 Å². The molecule has 1 aliphatic heterocycles. The topological polar surface area (TPSA) is 110 Å². The van der Waals surface area contributed by atoms with E-state index < -0.39 is 21.4 Å². The zero-order valence-corrected chi connectivity index (χ0v) is 23.8. The second-order valence-electron chi connectivity index (χ2n) is 11.4. The first-order chi connectivity index (χ1) is 17.1. The Morgan fingerprint density at radius 3 is 2.35 bits per heavy atom. The number of amides is 2. The number of piperidine rings is 1. The SMILES string of the molecule is CC(=O)C1(Sc2cc(C)c(C(=O)N(C(C)C)[C@@H]3CCCN(C(=O)OC(C)(C)C)C3)cc2[N+](=O)[O-])CCC1. The van der Waals surface area contributed by atoms with Gasteiger partial charge in [0.05, 0.1) is 20.6 Å². The number of nitrogens with zero attached hydrogens (tertiary/aromatic N) is 3. The molecular weight excluding hydrogens is 494 g/mol. The molecule has 10 heteroatoms. The van der Waals surface area contributed by atoms with Gasteiger partial charge in [-0.05, 0) is 92.2 Å². The first-order valence-electron chi connectivity index (χ1n) is 12.9. The van der Waals surface area contributed by atoms with E-state index in [1.165, 1.54) is 24.8 Å². The highest BCUT2D eigenvalue weighted by Gasteiger charge is 2.44. The predicted molar refractivity (Wildman–Crippen MR) is 143 cm³/mol. The number of hydrogen-bond acceptors (Lipinski definition) is 7. The van der Waals surface area contributed by atoms with E-state index in [-0.39, 0.29) is 35.0 Å². The maximum atomic E-state index is 13.9. The number of carbonyl (C=O) groups excluding carboxylic acids is 3. The van der Waals surface area contributed by atoms with E-state index in [2.05, 4.69) is 0 Å². The van der Waals surface area contributed by atoms with E-state index in [1.54, 1.807) is 22.8 Å². The van der Waals surface area contributed by atoms with Crippen LogP contribution < -0.4 is 0 Å². The lowest BCUT2D eigenvalue weighted by atomic mass is 9.81. The summed E-state index contributed by atoms with van der Waals surface area (Å²) in [5, 5.41) is 12.0. The van der Waals surface area contributed by atoms with Crippen molar-refractivity contribution >= 4 is 35.2 Å². The fourth-order valence-electron chi connectivity index (χ4n) is 4.99. The van der Waals surface area contributed by atoms with Crippen LogP contribution in [-0.4, -0.2) is 68.0 Å². The molecule has 1 saturated carbocycles. The normalized spacial score (nSPS) is 19.2. The second kappa shape index (κ2) is 11.0. The van der Waals surface area contributed by atoms with Crippen molar-refractivity contribution in [1.29, 1.82) is 0 Å². The molecule has 2 amide bonds. The third-order valence-electron chi connectivity index (χ3n) is 7.07. The predicted octanol–water partition coefficient (Wildman–Crippen LogP) is 5.76. The van der Waals surface area contributed by atoms with Gasteiger partial charge in [0.15, 0.2) is 0 Å². The van der Waals surface area contributed by atoms with Gasteiger partial charge in [-0.3, -0.25) is 19.7 Å². The third-order valence-corrected chi connectivity index (χ3v) is 8.71. The lowest BCUT2D eigenvalue weighted by molar-refractivity contribution is -0.387. The average molecular weight is 534 g/mol. The molecular formula is C27H39N3O6S. The van der Waals surface area contributed by atoms with Crippen molar-refractivity contribution in [3.8, 4) is 0 Å². The highest BCUT2D eigenvalue weighted by atomic mass is 32.2. The summed E-state index contributed by atoms with van der Waals surface area (Å²) in [5.74, 6) is -0.276. The van der Waals surface area contributed by atoms with Crippen molar-refractivity contribution in [2.24, 2.45) is 0 Å². The van der Waals surface area contributed by atoms with Gasteiger partial charge < -0.3 is 14.5 Å². The van der Waals surface area contributed by atoms with E-state index in [0.717, 1.165) is 19.3 Å². The van der Waals surface area contributed by atoms with Crippen LogP contribution in [0.15, 0.2) is 17.0 Å². The molecule has 0 spiro atoms. The van der Waals surface area contributed by atoms with E-state index in [9.17, 15) is 24.5 Å². The van der Waals surface area contributed by atoms with Crippen LogP contribution in [0.1, 0.15) is 89.6 Å². The molecule has 2 fully saturated rings. The lowest BCUT2D eigenvalue weighted by Gasteiger charge is -2.41. The monoisotopic (exact) mass is 533 g/mol. The fraction of sp³-hybridized carbons (Fsp3) is 0.667. The Morgan fingerprint density at radius 2 is 1.86 bits per heavy atom. The molecule has 37 heavy (non-hydrogen) atoms. The Morgan fingerprint density at radius 1 is 1.22 bits per heavy atom. The summed E-state index contributed by atoms with van der Waals surface area (Å²) in [5.41, 5.74) is 0.119. The average Bonchev–Trinajstić information content (AvgIpc) is 2.74. The summed E-state index contributed by atoms with van der Waals surface area (Å²) in [6.07, 6.45) is 3.35. The number of nitro benzene ring substituents is 1. The van der Waals surface area contributed by atoms with E-state index in [0.29, 0.717) is 36.4 Å². The number of carbonyl (C=O) groups is 3. The van der Waals surface area contributed by atoms with Crippen LogP contribution in [0.4, 0.5) is 10.5 Å². The smallest absolute Gasteiger partial charge is 0.410 e. The molecule has 204 valence electrons. The van der Waals surface area contributed by atoms with Crippen LogP contribution in [0, 0.1) is 17.0 Å². The molecule has 1 atom stereocenters. The van der Waals surface area contributed by atoms with Crippen LogP contribution in [0.25, 0.3) is 0 Å². The van der Waals surface area contributed by atoms with Gasteiger partial charge in [0.1, 0.15) is 11.4 Å². The summed E-state index contributed by atoms with van der Waals surface area (Å²) < 4.78 is 4.91. The van der Waals surface area contributed by atoms with Crippen molar-refractivity contribution in [3.63, 3.8) is 0 Å². The summed E-state index contributed by atoms with van der Waals surface area (Å²) in [6.45, 7) is 13.5. The number of rotatable bonds is 7. The number of benzene rings is 1. The Kier molecular flexibility index (Phi) is 8.61. The van der Waals surface area contributed by atoms with E-state index in [4.69, 9.17) is 4.74 Å². The lowest BCUT2D eigenvalue weighted by Crippen LogP contribution is -2.54. The van der Waals surface area contributed by atoms with Gasteiger partial charge >= 0.3 is 6.09 Å². The number of nitro groups is 1. The Balaban J connectivity index is 1.90. The van der Waals surface area contributed by atoms with Gasteiger partial charge in [0, 0.05) is 30.8 Å². The van der Waals surface area contributed by atoms with Crippen molar-refractivity contribution in [2.75, 3.05) is 13.1 Å². The number of aryl methyl sites for hydroxylation is 1. The molecule has 0 N–H and O–H groups in total. The molecule has 0 bridgehead atoms. The maximum absolute atomic E-state index is 13.9. The molecule has 1 aromatic carbocycles. The molecule has 1 aliphatic carbocycles. The van der Waals surface area contributed by atoms with Crippen LogP contribution in [0.3, 0.4) is 0 Å². The van der Waals surface area contributed by atoms with Gasteiger partial charge in [-0.2, -0.15) is 0 Å². The number of ether oxygens (including phenoxy) is 1. The number of Topliss-reactive ketones (excluding diaryl/α,β-unsaturated/α-hetero) is 1. The molecule has 0 unspecified atom stereocenters. The number of thioether (sulfide) groups is 1. The van der Waals surface area contributed by atoms with Crippen molar-refractivity contribution < 1.29 is 24.0 Å². The van der Waals surface area contributed by atoms with Gasteiger partial charge in [-0.25, -0.2) is 4.79 Å². The van der Waals surface area contributed by atoms with Crippen LogP contribution in [-0.2, 0) is 9.53 Å². The second-order valence-corrected chi connectivity index (χ2v) is 12.9. The molecule has 1 saturated heterocycles. The standard InChI is InChI=1S/C27H39N3O6S/c1-17(2)29(20-10-8-13-28(16-20)25(33)36-26(5,6)7)24(32)21-15-22(30(34)35)23(14-18(21)3)37-27(19(4)31)11-9-12-27/h14-15,17,20H,8-13,16H2,1-7H3/t20-/m1/s1. The minimum Gasteiger partial charge on any atom is -0.444 e. The van der Waals surface area contributed by atoms with Gasteiger partial charge in [-0.1, -0.05) is 0 Å². The summed E-state index contributed by atoms with van der Waals surface area (Å²) in [4.78, 5) is 54.2. The fourth-order valence-corrected chi connectivity index (χ4v) is 6.53. The Hall–Kier alpha value is -2.62. The van der Waals surface area contributed by atoms with Crippen molar-refractivity contribution in [1.82, 2.24) is 9.80 Å². The molecule has 9 nitrogen and oxygen atoms in total. The van der Waals surface area contributed by atoms with E-state index >= 15 is 0 Å². The molecule has 1 heterocycles. The third kappa shape index (κ3) is 6.45. The zero-order chi connectivity index (χ0) is 27.7. The summed E-state index contributed by atoms with van der Waals surface area (Å²) in [6, 6.07) is 2.61. The van der Waals surface area contributed by atoms with Gasteiger partial charge in [0.2, 0.25) is 0 Å². The largest absolute Gasteiger partial charge is 0.444 e. The minimum atomic E-state index is -0.625.